The minimum Gasteiger partial charge on any atom is -0.493 e. The van der Waals surface area contributed by atoms with Crippen LogP contribution in [0.2, 0.25) is 0 Å². The van der Waals surface area contributed by atoms with Crippen molar-refractivity contribution in [2.24, 2.45) is 0 Å². The third kappa shape index (κ3) is 3.83. The number of nitrogens with one attached hydrogen (secondary N) is 1. The topological polar surface area (TPSA) is 49.0 Å². The molecule has 0 saturated carbocycles. The zero-order chi connectivity index (χ0) is 19.4. The molecule has 2 aromatic carbocycles. The molecule has 146 valence electrons. The standard InChI is InChI=1S/C22H29NO4/c1-14-10-16-12-21(26-4)20(25-3)11-15(16)8-9-23-13-18-17(14)6-7-19(24-2)22(18)27-5/h6-7,11-12,14,23H,8-10,13H2,1-5H3/t14-/m1/s1. The number of hydrogen-bond donors (Lipinski definition) is 1. The van der Waals surface area contributed by atoms with E-state index >= 15 is 0 Å². The Bertz CT molecular complexity index is 803. The molecule has 0 radical (unpaired) electrons. The van der Waals surface area contributed by atoms with E-state index in [4.69, 9.17) is 18.9 Å². The van der Waals surface area contributed by atoms with Gasteiger partial charge in [0.2, 0.25) is 0 Å². The third-order valence-corrected chi connectivity index (χ3v) is 5.32. The van der Waals surface area contributed by atoms with Gasteiger partial charge in [0.25, 0.3) is 0 Å². The molecule has 27 heavy (non-hydrogen) atoms. The summed E-state index contributed by atoms with van der Waals surface area (Å²) >= 11 is 0. The molecule has 1 aliphatic heterocycles. The summed E-state index contributed by atoms with van der Waals surface area (Å²) in [7, 11) is 6.74. The highest BCUT2D eigenvalue weighted by Gasteiger charge is 2.22. The van der Waals surface area contributed by atoms with Gasteiger partial charge in [0.1, 0.15) is 0 Å². The van der Waals surface area contributed by atoms with Gasteiger partial charge in [-0.1, -0.05) is 13.0 Å². The third-order valence-electron chi connectivity index (χ3n) is 5.32. The van der Waals surface area contributed by atoms with Gasteiger partial charge in [0, 0.05) is 12.1 Å². The molecule has 1 N–H and O–H groups in total. The first-order chi connectivity index (χ1) is 13.1. The summed E-state index contributed by atoms with van der Waals surface area (Å²) in [5.74, 6) is 3.49. The minimum atomic E-state index is 0.330. The van der Waals surface area contributed by atoms with Gasteiger partial charge in [-0.25, -0.2) is 0 Å². The van der Waals surface area contributed by atoms with E-state index in [0.717, 1.165) is 48.9 Å². The second kappa shape index (κ2) is 8.53. The van der Waals surface area contributed by atoms with E-state index in [1.54, 1.807) is 28.4 Å². The molecule has 2 aromatic rings. The maximum atomic E-state index is 5.69. The van der Waals surface area contributed by atoms with Crippen LogP contribution in [0.25, 0.3) is 0 Å². The first-order valence-electron chi connectivity index (χ1n) is 9.31. The molecular formula is C22H29NO4. The molecule has 1 atom stereocenters. The van der Waals surface area contributed by atoms with E-state index in [2.05, 4.69) is 30.4 Å². The van der Waals surface area contributed by atoms with Crippen LogP contribution < -0.4 is 24.3 Å². The van der Waals surface area contributed by atoms with Crippen LogP contribution in [0.1, 0.15) is 35.1 Å². The predicted molar refractivity (Wildman–Crippen MR) is 107 cm³/mol. The summed E-state index contributed by atoms with van der Waals surface area (Å²) in [5.41, 5.74) is 5.05. The van der Waals surface area contributed by atoms with Crippen molar-refractivity contribution < 1.29 is 18.9 Å². The first-order valence-corrected chi connectivity index (χ1v) is 9.31. The van der Waals surface area contributed by atoms with Gasteiger partial charge in [-0.15, -0.1) is 0 Å². The van der Waals surface area contributed by atoms with E-state index in [1.165, 1.54) is 22.3 Å². The number of rotatable bonds is 4. The Balaban J connectivity index is 2.06. The molecule has 0 amide bonds. The zero-order valence-electron chi connectivity index (χ0n) is 16.8. The van der Waals surface area contributed by atoms with Gasteiger partial charge >= 0.3 is 0 Å². The number of methoxy groups -OCH3 is 4. The Morgan fingerprint density at radius 3 is 2.15 bits per heavy atom. The maximum absolute atomic E-state index is 5.69. The van der Waals surface area contributed by atoms with Crippen LogP contribution in [0.4, 0.5) is 0 Å². The molecule has 0 bridgehead atoms. The van der Waals surface area contributed by atoms with Gasteiger partial charge in [-0.05, 0) is 60.2 Å². The molecule has 0 unspecified atom stereocenters. The van der Waals surface area contributed by atoms with E-state index < -0.39 is 0 Å². The maximum Gasteiger partial charge on any atom is 0.165 e. The average molecular weight is 371 g/mol. The van der Waals surface area contributed by atoms with Crippen molar-refractivity contribution in [3.05, 3.63) is 46.5 Å². The number of ether oxygens (including phenoxy) is 4. The second-order valence-electron chi connectivity index (χ2n) is 6.88. The lowest BCUT2D eigenvalue weighted by Crippen LogP contribution is -2.21. The Kier molecular flexibility index (Phi) is 6.11. The molecule has 0 saturated heterocycles. The van der Waals surface area contributed by atoms with Gasteiger partial charge in [-0.2, -0.15) is 0 Å². The highest BCUT2D eigenvalue weighted by atomic mass is 16.5. The van der Waals surface area contributed by atoms with Crippen LogP contribution >= 0.6 is 0 Å². The molecule has 5 heteroatoms. The van der Waals surface area contributed by atoms with Crippen molar-refractivity contribution in [3.63, 3.8) is 0 Å². The fourth-order valence-corrected chi connectivity index (χ4v) is 3.91. The Hall–Kier alpha value is -2.40. The van der Waals surface area contributed by atoms with Crippen LogP contribution in [0.15, 0.2) is 24.3 Å². The summed E-state index contributed by atoms with van der Waals surface area (Å²) in [6, 6.07) is 8.38. The van der Waals surface area contributed by atoms with Crippen molar-refractivity contribution in [2.75, 3.05) is 35.0 Å². The van der Waals surface area contributed by atoms with Gasteiger partial charge < -0.3 is 24.3 Å². The summed E-state index contributed by atoms with van der Waals surface area (Å²) in [6.07, 6.45) is 1.86. The van der Waals surface area contributed by atoms with Crippen LogP contribution in [-0.2, 0) is 19.4 Å². The van der Waals surface area contributed by atoms with Crippen LogP contribution in [0, 0.1) is 0 Å². The Morgan fingerprint density at radius 2 is 1.52 bits per heavy atom. The Morgan fingerprint density at radius 1 is 0.852 bits per heavy atom. The molecule has 0 aromatic heterocycles. The predicted octanol–water partition coefficient (Wildman–Crippen LogP) is 3.71. The second-order valence-corrected chi connectivity index (χ2v) is 6.88. The van der Waals surface area contributed by atoms with Gasteiger partial charge in [0.15, 0.2) is 23.0 Å². The van der Waals surface area contributed by atoms with Crippen molar-refractivity contribution in [1.82, 2.24) is 5.32 Å². The summed E-state index contributed by atoms with van der Waals surface area (Å²) < 4.78 is 22.2. The summed E-state index contributed by atoms with van der Waals surface area (Å²) in [6.45, 7) is 3.88. The first kappa shape index (κ1) is 19.4. The van der Waals surface area contributed by atoms with Crippen molar-refractivity contribution in [3.8, 4) is 23.0 Å². The lowest BCUT2D eigenvalue weighted by Gasteiger charge is -2.24. The average Bonchev–Trinajstić information content (AvgIpc) is 2.70. The molecule has 1 heterocycles. The van der Waals surface area contributed by atoms with Crippen LogP contribution in [-0.4, -0.2) is 35.0 Å². The quantitative estimate of drug-likeness (QED) is 0.888. The normalized spacial score (nSPS) is 16.7. The van der Waals surface area contributed by atoms with Gasteiger partial charge in [0.05, 0.1) is 28.4 Å². The molecule has 1 aliphatic rings. The molecule has 5 nitrogen and oxygen atoms in total. The number of fused-ring (bicyclic) bond motifs is 2. The van der Waals surface area contributed by atoms with Crippen molar-refractivity contribution in [1.29, 1.82) is 0 Å². The van der Waals surface area contributed by atoms with Crippen LogP contribution in [0.5, 0.6) is 23.0 Å². The van der Waals surface area contributed by atoms with E-state index in [1.807, 2.05) is 6.07 Å². The number of hydrogen-bond acceptors (Lipinski definition) is 5. The fourth-order valence-electron chi connectivity index (χ4n) is 3.91. The zero-order valence-corrected chi connectivity index (χ0v) is 16.8. The van der Waals surface area contributed by atoms with Crippen molar-refractivity contribution >= 4 is 0 Å². The van der Waals surface area contributed by atoms with Crippen molar-refractivity contribution in [2.45, 2.75) is 32.2 Å². The minimum absolute atomic E-state index is 0.330. The number of benzene rings is 2. The monoisotopic (exact) mass is 371 g/mol. The highest BCUT2D eigenvalue weighted by molar-refractivity contribution is 5.53. The SMILES string of the molecule is COc1cc2c(cc1OC)C[C@@H](C)c1ccc(OC)c(OC)c1CNCC2. The highest BCUT2D eigenvalue weighted by Crippen LogP contribution is 2.39. The smallest absolute Gasteiger partial charge is 0.165 e. The molecular weight excluding hydrogens is 342 g/mol. The molecule has 0 aliphatic carbocycles. The summed E-state index contributed by atoms with van der Waals surface area (Å²) in [4.78, 5) is 0. The van der Waals surface area contributed by atoms with E-state index in [9.17, 15) is 0 Å². The van der Waals surface area contributed by atoms with Gasteiger partial charge in [-0.3, -0.25) is 0 Å². The van der Waals surface area contributed by atoms with E-state index in [-0.39, 0.29) is 0 Å². The largest absolute Gasteiger partial charge is 0.493 e. The van der Waals surface area contributed by atoms with E-state index in [0.29, 0.717) is 5.92 Å². The summed E-state index contributed by atoms with van der Waals surface area (Å²) in [5, 5.41) is 3.56. The molecule has 0 spiro atoms. The molecule has 3 rings (SSSR count). The fraction of sp³-hybridized carbons (Fsp3) is 0.455. The molecule has 0 fully saturated rings. The lowest BCUT2D eigenvalue weighted by molar-refractivity contribution is 0.349. The Labute approximate surface area is 161 Å². The van der Waals surface area contributed by atoms with Crippen LogP contribution in [0.3, 0.4) is 0 Å². The lowest BCUT2D eigenvalue weighted by atomic mass is 9.86.